The minimum Gasteiger partial charge on any atom is -0.321 e. The fraction of sp³-hybridized carbons (Fsp3) is 0.143. The molecule has 0 unspecified atom stereocenters. The van der Waals surface area contributed by atoms with E-state index in [-0.39, 0.29) is 27.5 Å². The molecule has 2 rings (SSSR count). The van der Waals surface area contributed by atoms with Crippen LogP contribution in [-0.4, -0.2) is 15.4 Å². The van der Waals surface area contributed by atoms with Gasteiger partial charge in [0.2, 0.25) is 0 Å². The van der Waals surface area contributed by atoms with Crippen molar-refractivity contribution in [3.63, 3.8) is 0 Å². The smallest absolute Gasteiger partial charge is 0.289 e. The van der Waals surface area contributed by atoms with Gasteiger partial charge in [-0.1, -0.05) is 11.6 Å². The van der Waals surface area contributed by atoms with Crippen LogP contribution in [0.25, 0.3) is 0 Å². The SMILES string of the molecule is Cc1cc(Cl)c([N+](=O)[O-])cc1NC(=O)c1ccn(C)c(=O)c1. The van der Waals surface area contributed by atoms with Crippen molar-refractivity contribution in [3.05, 3.63) is 67.1 Å². The maximum atomic E-state index is 12.1. The van der Waals surface area contributed by atoms with E-state index in [0.717, 1.165) is 0 Å². The number of nitro groups is 1. The van der Waals surface area contributed by atoms with E-state index in [0.29, 0.717) is 5.56 Å². The Morgan fingerprint density at radius 3 is 2.64 bits per heavy atom. The summed E-state index contributed by atoms with van der Waals surface area (Å²) in [7, 11) is 1.57. The van der Waals surface area contributed by atoms with Crippen molar-refractivity contribution < 1.29 is 9.72 Å². The van der Waals surface area contributed by atoms with E-state index in [4.69, 9.17) is 11.6 Å². The summed E-state index contributed by atoms with van der Waals surface area (Å²) >= 11 is 5.79. The van der Waals surface area contributed by atoms with Gasteiger partial charge < -0.3 is 9.88 Å². The Morgan fingerprint density at radius 1 is 1.36 bits per heavy atom. The fourth-order valence-electron chi connectivity index (χ4n) is 1.82. The predicted octanol–water partition coefficient (Wildman–Crippen LogP) is 2.51. The first-order chi connectivity index (χ1) is 10.3. The van der Waals surface area contributed by atoms with Gasteiger partial charge in [0, 0.05) is 30.9 Å². The highest BCUT2D eigenvalue weighted by molar-refractivity contribution is 6.32. The van der Waals surface area contributed by atoms with Gasteiger partial charge in [-0.25, -0.2) is 0 Å². The monoisotopic (exact) mass is 321 g/mol. The van der Waals surface area contributed by atoms with Crippen LogP contribution in [0.15, 0.2) is 35.3 Å². The number of nitrogens with zero attached hydrogens (tertiary/aromatic N) is 2. The molecule has 0 spiro atoms. The van der Waals surface area contributed by atoms with Gasteiger partial charge in [0.15, 0.2) is 0 Å². The summed E-state index contributed by atoms with van der Waals surface area (Å²) in [5.41, 5.74) is 0.382. The minimum atomic E-state index is -0.629. The van der Waals surface area contributed by atoms with Crippen molar-refractivity contribution in [1.82, 2.24) is 4.57 Å². The number of halogens is 1. The van der Waals surface area contributed by atoms with E-state index in [9.17, 15) is 19.7 Å². The lowest BCUT2D eigenvalue weighted by atomic mass is 10.1. The number of carbonyl (C=O) groups is 1. The largest absolute Gasteiger partial charge is 0.321 e. The molecular formula is C14H12ClN3O4. The molecule has 1 aromatic heterocycles. The second kappa shape index (κ2) is 5.98. The lowest BCUT2D eigenvalue weighted by Gasteiger charge is -2.09. The Balaban J connectivity index is 2.35. The number of hydrogen-bond donors (Lipinski definition) is 1. The Morgan fingerprint density at radius 2 is 2.05 bits per heavy atom. The molecule has 0 aliphatic carbocycles. The molecule has 7 nitrogen and oxygen atoms in total. The summed E-state index contributed by atoms with van der Waals surface area (Å²) in [5.74, 6) is -0.530. The topological polar surface area (TPSA) is 94.2 Å². The highest BCUT2D eigenvalue weighted by atomic mass is 35.5. The lowest BCUT2D eigenvalue weighted by Crippen LogP contribution is -2.20. The Hall–Kier alpha value is -2.67. The number of amides is 1. The van der Waals surface area contributed by atoms with Gasteiger partial charge in [-0.3, -0.25) is 19.7 Å². The summed E-state index contributed by atoms with van der Waals surface area (Å²) in [4.78, 5) is 33.9. The lowest BCUT2D eigenvalue weighted by molar-refractivity contribution is -0.384. The fourth-order valence-corrected chi connectivity index (χ4v) is 2.11. The molecule has 0 aliphatic heterocycles. The molecule has 1 amide bonds. The van der Waals surface area contributed by atoms with Crippen molar-refractivity contribution in [1.29, 1.82) is 0 Å². The standard InChI is InChI=1S/C14H12ClN3O4/c1-8-5-10(15)12(18(21)22)7-11(8)16-14(20)9-3-4-17(2)13(19)6-9/h3-7H,1-2H3,(H,16,20). The van der Waals surface area contributed by atoms with Crippen molar-refractivity contribution in [2.45, 2.75) is 6.92 Å². The van der Waals surface area contributed by atoms with Crippen molar-refractivity contribution >= 4 is 28.9 Å². The van der Waals surface area contributed by atoms with Gasteiger partial charge in [-0.15, -0.1) is 0 Å². The molecule has 0 atom stereocenters. The maximum Gasteiger partial charge on any atom is 0.289 e. The van der Waals surface area contributed by atoms with Gasteiger partial charge in [0.05, 0.1) is 10.6 Å². The van der Waals surface area contributed by atoms with E-state index in [2.05, 4.69) is 5.32 Å². The van der Waals surface area contributed by atoms with Crippen LogP contribution in [-0.2, 0) is 7.05 Å². The maximum absolute atomic E-state index is 12.1. The van der Waals surface area contributed by atoms with Crippen LogP contribution in [0.3, 0.4) is 0 Å². The number of benzene rings is 1. The average Bonchev–Trinajstić information content (AvgIpc) is 2.44. The zero-order valence-electron chi connectivity index (χ0n) is 11.8. The summed E-state index contributed by atoms with van der Waals surface area (Å²) in [6.07, 6.45) is 1.47. The second-order valence-corrected chi connectivity index (χ2v) is 5.10. The van der Waals surface area contributed by atoms with Crippen LogP contribution < -0.4 is 10.9 Å². The zero-order chi connectivity index (χ0) is 16.4. The Labute approximate surface area is 130 Å². The van der Waals surface area contributed by atoms with Crippen LogP contribution in [0, 0.1) is 17.0 Å². The van der Waals surface area contributed by atoms with E-state index in [1.165, 1.54) is 35.0 Å². The molecule has 0 aliphatic rings. The summed E-state index contributed by atoms with van der Waals surface area (Å²) in [5, 5.41) is 13.4. The van der Waals surface area contributed by atoms with Crippen molar-refractivity contribution in [2.24, 2.45) is 7.05 Å². The molecular weight excluding hydrogens is 310 g/mol. The van der Waals surface area contributed by atoms with Gasteiger partial charge in [-0.05, 0) is 24.6 Å². The molecule has 0 saturated heterocycles. The number of aromatic nitrogens is 1. The first kappa shape index (κ1) is 15.7. The quantitative estimate of drug-likeness (QED) is 0.694. The molecule has 1 aromatic carbocycles. The third-order valence-corrected chi connectivity index (χ3v) is 3.41. The third-order valence-electron chi connectivity index (χ3n) is 3.11. The summed E-state index contributed by atoms with van der Waals surface area (Å²) < 4.78 is 1.33. The van der Waals surface area contributed by atoms with Gasteiger partial charge in [0.25, 0.3) is 17.2 Å². The van der Waals surface area contributed by atoms with Crippen LogP contribution in [0.2, 0.25) is 5.02 Å². The van der Waals surface area contributed by atoms with Crippen LogP contribution >= 0.6 is 11.6 Å². The highest BCUT2D eigenvalue weighted by Gasteiger charge is 2.17. The molecule has 1 N–H and O–H groups in total. The van der Waals surface area contributed by atoms with Crippen LogP contribution in [0.1, 0.15) is 15.9 Å². The van der Waals surface area contributed by atoms with Gasteiger partial charge in [0.1, 0.15) is 5.02 Å². The normalized spacial score (nSPS) is 10.3. The number of pyridine rings is 1. The van der Waals surface area contributed by atoms with E-state index < -0.39 is 10.8 Å². The number of anilines is 1. The summed E-state index contributed by atoms with van der Waals surface area (Å²) in [6.45, 7) is 1.66. The van der Waals surface area contributed by atoms with Crippen molar-refractivity contribution in [2.75, 3.05) is 5.32 Å². The molecule has 114 valence electrons. The molecule has 2 aromatic rings. The predicted molar refractivity (Wildman–Crippen MR) is 82.5 cm³/mol. The minimum absolute atomic E-state index is 0.00548. The molecule has 0 saturated carbocycles. The highest BCUT2D eigenvalue weighted by Crippen LogP contribution is 2.30. The molecule has 1 heterocycles. The zero-order valence-corrected chi connectivity index (χ0v) is 12.5. The third kappa shape index (κ3) is 3.15. The van der Waals surface area contributed by atoms with E-state index in [1.807, 2.05) is 0 Å². The van der Waals surface area contributed by atoms with E-state index in [1.54, 1.807) is 14.0 Å². The molecule has 0 radical (unpaired) electrons. The van der Waals surface area contributed by atoms with Gasteiger partial charge >= 0.3 is 0 Å². The Kier molecular flexibility index (Phi) is 4.27. The molecule has 8 heteroatoms. The number of nitro benzene ring substituents is 1. The number of rotatable bonds is 3. The number of nitrogens with one attached hydrogen (secondary N) is 1. The molecule has 0 bridgehead atoms. The Bertz CT molecular complexity index is 829. The second-order valence-electron chi connectivity index (χ2n) is 4.69. The number of carbonyl (C=O) groups excluding carboxylic acids is 1. The van der Waals surface area contributed by atoms with Crippen LogP contribution in [0.4, 0.5) is 11.4 Å². The van der Waals surface area contributed by atoms with Crippen molar-refractivity contribution in [3.8, 4) is 0 Å². The molecule has 22 heavy (non-hydrogen) atoms. The van der Waals surface area contributed by atoms with E-state index >= 15 is 0 Å². The molecule has 0 fully saturated rings. The first-order valence-electron chi connectivity index (χ1n) is 6.22. The number of aryl methyl sites for hydroxylation is 2. The van der Waals surface area contributed by atoms with Crippen LogP contribution in [0.5, 0.6) is 0 Å². The summed E-state index contributed by atoms with van der Waals surface area (Å²) in [6, 6.07) is 5.27. The number of hydrogen-bond acceptors (Lipinski definition) is 4. The van der Waals surface area contributed by atoms with Gasteiger partial charge in [-0.2, -0.15) is 0 Å². The first-order valence-corrected chi connectivity index (χ1v) is 6.60. The average molecular weight is 322 g/mol.